The van der Waals surface area contributed by atoms with Gasteiger partial charge in [-0.05, 0) is 49.7 Å². The Morgan fingerprint density at radius 2 is 1.68 bits per heavy atom. The largest absolute Gasteiger partial charge is 0.350 e. The minimum Gasteiger partial charge on any atom is -0.350 e. The molecule has 0 radical (unpaired) electrons. The molecule has 2 rings (SSSR count). The molecule has 28 heavy (non-hydrogen) atoms. The van der Waals surface area contributed by atoms with Crippen LogP contribution in [0.5, 0.6) is 0 Å². The zero-order chi connectivity index (χ0) is 20.4. The maximum atomic E-state index is 12.6. The van der Waals surface area contributed by atoms with Crippen LogP contribution in [0.15, 0.2) is 54.6 Å². The van der Waals surface area contributed by atoms with Crippen molar-refractivity contribution < 1.29 is 9.59 Å². The summed E-state index contributed by atoms with van der Waals surface area (Å²) in [7, 11) is 1.80. The van der Waals surface area contributed by atoms with Crippen molar-refractivity contribution in [3.8, 4) is 0 Å². The molecule has 0 fully saturated rings. The lowest BCUT2D eigenvalue weighted by atomic mass is 10.1. The molecule has 2 atom stereocenters. The number of nitrogens with one attached hydrogen (secondary N) is 3. The van der Waals surface area contributed by atoms with Crippen LogP contribution in [0.25, 0.3) is 0 Å². The molecule has 2 aromatic rings. The maximum absolute atomic E-state index is 12.6. The molecule has 0 unspecified atom stereocenters. The smallest absolute Gasteiger partial charge is 0.242 e. The molecule has 7 heteroatoms. The normalized spacial score (nSPS) is 12.8. The second-order valence-electron chi connectivity index (χ2n) is 6.59. The molecular weight excluding hydrogens is 376 g/mol. The first-order valence-corrected chi connectivity index (χ1v) is 9.64. The molecule has 0 saturated carbocycles. The molecule has 2 aromatic carbocycles. The second-order valence-corrected chi connectivity index (χ2v) is 7.03. The van der Waals surface area contributed by atoms with Crippen molar-refractivity contribution >= 4 is 23.4 Å². The van der Waals surface area contributed by atoms with Crippen LogP contribution < -0.4 is 21.7 Å². The maximum Gasteiger partial charge on any atom is 0.242 e. The number of carbonyl (C=O) groups is 2. The Morgan fingerprint density at radius 1 is 1.00 bits per heavy atom. The molecule has 0 aliphatic heterocycles. The van der Waals surface area contributed by atoms with E-state index in [4.69, 9.17) is 17.3 Å². The van der Waals surface area contributed by atoms with Gasteiger partial charge in [0.05, 0.1) is 6.04 Å². The topological polar surface area (TPSA) is 96.2 Å². The van der Waals surface area contributed by atoms with Gasteiger partial charge < -0.3 is 21.7 Å². The SMILES string of the molecule is CNCC[C@H](NC(=O)[C@@H](N)Cc1ccc(Cl)cc1)C(=O)NCc1ccccc1. The van der Waals surface area contributed by atoms with Gasteiger partial charge in [-0.3, -0.25) is 9.59 Å². The second kappa shape index (κ2) is 11.4. The summed E-state index contributed by atoms with van der Waals surface area (Å²) in [5.74, 6) is -0.586. The van der Waals surface area contributed by atoms with E-state index in [9.17, 15) is 9.59 Å². The summed E-state index contributed by atoms with van der Waals surface area (Å²) in [6.07, 6.45) is 0.837. The number of rotatable bonds is 10. The number of nitrogens with two attached hydrogens (primary N) is 1. The van der Waals surface area contributed by atoms with Gasteiger partial charge >= 0.3 is 0 Å². The van der Waals surface area contributed by atoms with Crippen molar-refractivity contribution in [2.45, 2.75) is 31.5 Å². The van der Waals surface area contributed by atoms with Crippen LogP contribution in [0.2, 0.25) is 5.02 Å². The lowest BCUT2D eigenvalue weighted by Crippen LogP contribution is -2.52. The highest BCUT2D eigenvalue weighted by molar-refractivity contribution is 6.30. The van der Waals surface area contributed by atoms with Gasteiger partial charge in [-0.1, -0.05) is 54.1 Å². The molecule has 0 aliphatic rings. The van der Waals surface area contributed by atoms with Gasteiger partial charge in [0.2, 0.25) is 11.8 Å². The molecule has 0 heterocycles. The van der Waals surface area contributed by atoms with E-state index >= 15 is 0 Å². The summed E-state index contributed by atoms with van der Waals surface area (Å²) >= 11 is 5.88. The summed E-state index contributed by atoms with van der Waals surface area (Å²) in [5.41, 5.74) is 7.94. The average Bonchev–Trinajstić information content (AvgIpc) is 2.71. The van der Waals surface area contributed by atoms with Gasteiger partial charge in [0, 0.05) is 11.6 Å². The van der Waals surface area contributed by atoms with E-state index in [1.165, 1.54) is 0 Å². The van der Waals surface area contributed by atoms with E-state index < -0.39 is 12.1 Å². The fourth-order valence-electron chi connectivity index (χ4n) is 2.71. The molecule has 150 valence electrons. The highest BCUT2D eigenvalue weighted by atomic mass is 35.5. The van der Waals surface area contributed by atoms with Gasteiger partial charge in [-0.2, -0.15) is 0 Å². The molecule has 5 N–H and O–H groups in total. The summed E-state index contributed by atoms with van der Waals surface area (Å²) < 4.78 is 0. The van der Waals surface area contributed by atoms with E-state index in [-0.39, 0.29) is 11.8 Å². The molecule has 6 nitrogen and oxygen atoms in total. The zero-order valence-corrected chi connectivity index (χ0v) is 16.7. The average molecular weight is 403 g/mol. The number of carbonyl (C=O) groups excluding carboxylic acids is 2. The predicted molar refractivity (Wildman–Crippen MR) is 112 cm³/mol. The number of hydrogen-bond donors (Lipinski definition) is 4. The Kier molecular flexibility index (Phi) is 8.94. The van der Waals surface area contributed by atoms with Crippen molar-refractivity contribution in [2.75, 3.05) is 13.6 Å². The van der Waals surface area contributed by atoms with Crippen molar-refractivity contribution in [3.63, 3.8) is 0 Å². The van der Waals surface area contributed by atoms with Gasteiger partial charge in [-0.25, -0.2) is 0 Å². The van der Waals surface area contributed by atoms with Crippen LogP contribution in [0, 0.1) is 0 Å². The summed E-state index contributed by atoms with van der Waals surface area (Å²) in [6, 6.07) is 15.4. The third kappa shape index (κ3) is 7.31. The molecule has 0 aliphatic carbocycles. The summed E-state index contributed by atoms with van der Waals surface area (Å²) in [4.78, 5) is 25.1. The van der Waals surface area contributed by atoms with Crippen molar-refractivity contribution in [1.82, 2.24) is 16.0 Å². The van der Waals surface area contributed by atoms with E-state index in [1.807, 2.05) is 42.5 Å². The molecule has 0 saturated heterocycles. The Bertz CT molecular complexity index is 753. The lowest BCUT2D eigenvalue weighted by Gasteiger charge is -2.21. The molecule has 2 amide bonds. The van der Waals surface area contributed by atoms with Gasteiger partial charge in [0.25, 0.3) is 0 Å². The standard InChI is InChI=1S/C21H27ClN4O2/c1-24-12-11-19(21(28)25-14-16-5-3-2-4-6-16)26-20(27)18(23)13-15-7-9-17(22)10-8-15/h2-10,18-19,24H,11-14,23H2,1H3,(H,25,28)(H,26,27)/t18-,19-/m0/s1. The minimum absolute atomic E-state index is 0.230. The Labute approximate surface area is 170 Å². The minimum atomic E-state index is -0.750. The van der Waals surface area contributed by atoms with Crippen LogP contribution >= 0.6 is 11.6 Å². The van der Waals surface area contributed by atoms with Crippen molar-refractivity contribution in [1.29, 1.82) is 0 Å². The first-order valence-electron chi connectivity index (χ1n) is 9.26. The molecule has 0 spiro atoms. The zero-order valence-electron chi connectivity index (χ0n) is 16.0. The third-order valence-corrected chi connectivity index (χ3v) is 4.58. The quantitative estimate of drug-likeness (QED) is 0.485. The van der Waals surface area contributed by atoms with Crippen molar-refractivity contribution in [3.05, 3.63) is 70.7 Å². The number of benzene rings is 2. The van der Waals surface area contributed by atoms with Crippen LogP contribution in [0.4, 0.5) is 0 Å². The highest BCUT2D eigenvalue weighted by Crippen LogP contribution is 2.11. The van der Waals surface area contributed by atoms with E-state index in [0.29, 0.717) is 31.0 Å². The monoisotopic (exact) mass is 402 g/mol. The Balaban J connectivity index is 1.92. The highest BCUT2D eigenvalue weighted by Gasteiger charge is 2.23. The Hall–Kier alpha value is -2.41. The molecular formula is C21H27ClN4O2. The lowest BCUT2D eigenvalue weighted by molar-refractivity contribution is -0.129. The van der Waals surface area contributed by atoms with Gasteiger partial charge in [0.1, 0.15) is 6.04 Å². The van der Waals surface area contributed by atoms with Gasteiger partial charge in [0.15, 0.2) is 0 Å². The number of amides is 2. The number of halogens is 1. The first kappa shape index (κ1) is 21.9. The Morgan fingerprint density at radius 3 is 2.32 bits per heavy atom. The van der Waals surface area contributed by atoms with Crippen molar-refractivity contribution in [2.24, 2.45) is 5.73 Å². The van der Waals surface area contributed by atoms with Crippen LogP contribution in [-0.2, 0) is 22.6 Å². The molecule has 0 bridgehead atoms. The van der Waals surface area contributed by atoms with Crippen LogP contribution in [0.1, 0.15) is 17.5 Å². The van der Waals surface area contributed by atoms with Crippen LogP contribution in [-0.4, -0.2) is 37.5 Å². The van der Waals surface area contributed by atoms with Crippen LogP contribution in [0.3, 0.4) is 0 Å². The third-order valence-electron chi connectivity index (χ3n) is 4.33. The van der Waals surface area contributed by atoms with E-state index in [1.54, 1.807) is 19.2 Å². The molecule has 0 aromatic heterocycles. The first-order chi connectivity index (χ1) is 13.5. The fraction of sp³-hybridized carbons (Fsp3) is 0.333. The van der Waals surface area contributed by atoms with Gasteiger partial charge in [-0.15, -0.1) is 0 Å². The number of hydrogen-bond acceptors (Lipinski definition) is 4. The fourth-order valence-corrected chi connectivity index (χ4v) is 2.84. The predicted octanol–water partition coefficient (Wildman–Crippen LogP) is 1.62. The summed E-state index contributed by atoms with van der Waals surface area (Å²) in [6.45, 7) is 0.999. The summed E-state index contributed by atoms with van der Waals surface area (Å²) in [5, 5.41) is 9.28. The van der Waals surface area contributed by atoms with E-state index in [0.717, 1.165) is 11.1 Å². The van der Waals surface area contributed by atoms with E-state index in [2.05, 4.69) is 16.0 Å².